The van der Waals surface area contributed by atoms with E-state index in [1.54, 1.807) is 47.5 Å². The Hall–Kier alpha value is -2.86. The molecular formula is C17H15ClN4O2. The summed E-state index contributed by atoms with van der Waals surface area (Å²) in [6.07, 6.45) is 1.53. The zero-order valence-corrected chi connectivity index (χ0v) is 13.9. The number of nitrogens with one attached hydrogen (secondary N) is 1. The molecule has 0 saturated carbocycles. The molecule has 6 nitrogen and oxygen atoms in total. The van der Waals surface area contributed by atoms with Crippen LogP contribution in [0.2, 0.25) is 5.02 Å². The van der Waals surface area contributed by atoms with Gasteiger partial charge < -0.3 is 0 Å². The van der Waals surface area contributed by atoms with Gasteiger partial charge in [-0.25, -0.2) is 10.2 Å². The molecule has 0 aliphatic heterocycles. The van der Waals surface area contributed by atoms with Crippen molar-refractivity contribution in [3.05, 3.63) is 69.1 Å². The molecule has 1 N–H and O–H groups in total. The fourth-order valence-corrected chi connectivity index (χ4v) is 2.56. The normalized spacial score (nSPS) is 11.3. The van der Waals surface area contributed by atoms with Crippen LogP contribution in [-0.4, -0.2) is 21.3 Å². The van der Waals surface area contributed by atoms with Crippen LogP contribution in [0.3, 0.4) is 0 Å². The molecule has 1 heterocycles. The third-order valence-electron chi connectivity index (χ3n) is 3.78. The summed E-state index contributed by atoms with van der Waals surface area (Å²) in [5.74, 6) is -0.323. The number of hydrogen-bond donors (Lipinski definition) is 1. The molecule has 0 unspecified atom stereocenters. The van der Waals surface area contributed by atoms with E-state index in [4.69, 9.17) is 11.6 Å². The summed E-state index contributed by atoms with van der Waals surface area (Å²) in [7, 11) is 3.44. The number of carbonyl (C=O) groups is 1. The van der Waals surface area contributed by atoms with Gasteiger partial charge in [0.25, 0.3) is 5.91 Å². The van der Waals surface area contributed by atoms with Crippen LogP contribution in [0.4, 0.5) is 0 Å². The maximum atomic E-state index is 11.9. The number of aromatic nitrogens is 2. The van der Waals surface area contributed by atoms with Crippen molar-refractivity contribution < 1.29 is 4.79 Å². The van der Waals surface area contributed by atoms with Gasteiger partial charge in [-0.2, -0.15) is 5.10 Å². The minimum Gasteiger partial charge on any atom is -0.295 e. The van der Waals surface area contributed by atoms with E-state index in [-0.39, 0.29) is 11.6 Å². The number of amides is 1. The van der Waals surface area contributed by atoms with Crippen LogP contribution in [-0.2, 0) is 14.1 Å². The van der Waals surface area contributed by atoms with Crippen molar-refractivity contribution in [3.8, 4) is 0 Å². The summed E-state index contributed by atoms with van der Waals surface area (Å²) in [4.78, 5) is 23.9. The van der Waals surface area contributed by atoms with Crippen LogP contribution in [0.5, 0.6) is 0 Å². The number of benzene rings is 2. The van der Waals surface area contributed by atoms with E-state index in [0.29, 0.717) is 10.6 Å². The molecule has 3 rings (SSSR count). The molecule has 0 radical (unpaired) electrons. The monoisotopic (exact) mass is 342 g/mol. The molecule has 7 heteroatoms. The summed E-state index contributed by atoms with van der Waals surface area (Å²) in [5.41, 5.74) is 5.26. The first kappa shape index (κ1) is 16.0. The van der Waals surface area contributed by atoms with Gasteiger partial charge in [0.15, 0.2) is 0 Å². The summed E-state index contributed by atoms with van der Waals surface area (Å²) < 4.78 is 3.15. The number of aryl methyl sites for hydroxylation is 2. The first-order valence-corrected chi connectivity index (χ1v) is 7.59. The van der Waals surface area contributed by atoms with E-state index in [1.807, 2.05) is 18.2 Å². The SMILES string of the molecule is Cn1c(=O)n(C)c2cc(C=NNC(=O)c3ccc(Cl)cc3)ccc21. The zero-order valence-electron chi connectivity index (χ0n) is 13.2. The van der Waals surface area contributed by atoms with Crippen molar-refractivity contribution >= 4 is 34.8 Å². The summed E-state index contributed by atoms with van der Waals surface area (Å²) in [6.45, 7) is 0. The Bertz CT molecular complexity index is 1000. The number of imidazole rings is 1. The first-order chi connectivity index (χ1) is 11.5. The minimum atomic E-state index is -0.323. The predicted molar refractivity (Wildman–Crippen MR) is 94.7 cm³/mol. The molecule has 2 aromatic carbocycles. The second-order valence-electron chi connectivity index (χ2n) is 5.35. The van der Waals surface area contributed by atoms with Crippen molar-refractivity contribution in [2.24, 2.45) is 19.2 Å². The summed E-state index contributed by atoms with van der Waals surface area (Å²) in [6, 6.07) is 12.1. The van der Waals surface area contributed by atoms with Gasteiger partial charge in [-0.15, -0.1) is 0 Å². The number of hydrazone groups is 1. The van der Waals surface area contributed by atoms with E-state index in [1.165, 1.54) is 6.21 Å². The highest BCUT2D eigenvalue weighted by Gasteiger charge is 2.07. The molecule has 0 bridgehead atoms. The van der Waals surface area contributed by atoms with Gasteiger partial charge in [-0.1, -0.05) is 17.7 Å². The second-order valence-corrected chi connectivity index (χ2v) is 5.79. The van der Waals surface area contributed by atoms with Crippen molar-refractivity contribution in [1.82, 2.24) is 14.6 Å². The highest BCUT2D eigenvalue weighted by molar-refractivity contribution is 6.30. The average Bonchev–Trinajstić information content (AvgIpc) is 2.80. The Balaban J connectivity index is 1.78. The third kappa shape index (κ3) is 2.96. The quantitative estimate of drug-likeness (QED) is 0.586. The number of halogens is 1. The van der Waals surface area contributed by atoms with Crippen molar-refractivity contribution in [3.63, 3.8) is 0 Å². The molecule has 0 fully saturated rings. The van der Waals surface area contributed by atoms with E-state index in [0.717, 1.165) is 16.6 Å². The summed E-state index contributed by atoms with van der Waals surface area (Å²) >= 11 is 5.79. The zero-order chi connectivity index (χ0) is 17.3. The number of carbonyl (C=O) groups excluding carboxylic acids is 1. The van der Waals surface area contributed by atoms with E-state index < -0.39 is 0 Å². The Morgan fingerprint density at radius 1 is 1.08 bits per heavy atom. The van der Waals surface area contributed by atoms with Crippen molar-refractivity contribution in [2.75, 3.05) is 0 Å². The molecule has 24 heavy (non-hydrogen) atoms. The average molecular weight is 343 g/mol. The van der Waals surface area contributed by atoms with Crippen molar-refractivity contribution in [2.45, 2.75) is 0 Å². The van der Waals surface area contributed by atoms with Crippen LogP contribution in [0.25, 0.3) is 11.0 Å². The van der Waals surface area contributed by atoms with Gasteiger partial charge in [-0.3, -0.25) is 13.9 Å². The lowest BCUT2D eigenvalue weighted by molar-refractivity contribution is 0.0955. The fraction of sp³-hybridized carbons (Fsp3) is 0.118. The lowest BCUT2D eigenvalue weighted by atomic mass is 10.2. The van der Waals surface area contributed by atoms with E-state index >= 15 is 0 Å². The van der Waals surface area contributed by atoms with Gasteiger partial charge >= 0.3 is 5.69 Å². The molecular weight excluding hydrogens is 328 g/mol. The van der Waals surface area contributed by atoms with Crippen LogP contribution in [0.1, 0.15) is 15.9 Å². The lowest BCUT2D eigenvalue weighted by Gasteiger charge is -2.00. The third-order valence-corrected chi connectivity index (χ3v) is 4.03. The van der Waals surface area contributed by atoms with Crippen molar-refractivity contribution in [1.29, 1.82) is 0 Å². The van der Waals surface area contributed by atoms with E-state index in [2.05, 4.69) is 10.5 Å². The lowest BCUT2D eigenvalue weighted by Crippen LogP contribution is -2.19. The van der Waals surface area contributed by atoms with Gasteiger partial charge in [0.05, 0.1) is 17.2 Å². The Kier molecular flexibility index (Phi) is 4.22. The van der Waals surface area contributed by atoms with Gasteiger partial charge in [-0.05, 0) is 42.0 Å². The molecule has 1 aromatic heterocycles. The molecule has 3 aromatic rings. The number of hydrogen-bond acceptors (Lipinski definition) is 3. The first-order valence-electron chi connectivity index (χ1n) is 7.22. The predicted octanol–water partition coefficient (Wildman–Crippen LogP) is 2.29. The number of nitrogens with zero attached hydrogens (tertiary/aromatic N) is 3. The maximum absolute atomic E-state index is 11.9. The maximum Gasteiger partial charge on any atom is 0.328 e. The van der Waals surface area contributed by atoms with Gasteiger partial charge in [0.2, 0.25) is 0 Å². The standard InChI is InChI=1S/C17H15ClN4O2/c1-21-14-8-3-11(9-15(14)22(2)17(21)24)10-19-20-16(23)12-4-6-13(18)7-5-12/h3-10H,1-2H3,(H,20,23). The molecule has 0 saturated heterocycles. The fourth-order valence-electron chi connectivity index (χ4n) is 2.44. The van der Waals surface area contributed by atoms with Crippen LogP contribution < -0.4 is 11.1 Å². The largest absolute Gasteiger partial charge is 0.328 e. The smallest absolute Gasteiger partial charge is 0.295 e. The Morgan fingerprint density at radius 3 is 2.46 bits per heavy atom. The Labute approximate surface area is 143 Å². The van der Waals surface area contributed by atoms with Gasteiger partial charge in [0, 0.05) is 24.7 Å². The number of rotatable bonds is 3. The minimum absolute atomic E-state index is 0.0878. The molecule has 0 atom stereocenters. The highest BCUT2D eigenvalue weighted by atomic mass is 35.5. The van der Waals surface area contributed by atoms with Gasteiger partial charge in [0.1, 0.15) is 0 Å². The van der Waals surface area contributed by atoms with Crippen LogP contribution in [0, 0.1) is 0 Å². The second kappa shape index (κ2) is 6.33. The molecule has 122 valence electrons. The molecule has 0 spiro atoms. The highest BCUT2D eigenvalue weighted by Crippen LogP contribution is 2.13. The molecule has 1 amide bonds. The topological polar surface area (TPSA) is 68.4 Å². The van der Waals surface area contributed by atoms with Crippen LogP contribution >= 0.6 is 11.6 Å². The Morgan fingerprint density at radius 2 is 1.75 bits per heavy atom. The van der Waals surface area contributed by atoms with E-state index in [9.17, 15) is 9.59 Å². The van der Waals surface area contributed by atoms with Crippen LogP contribution in [0.15, 0.2) is 52.4 Å². The summed E-state index contributed by atoms with van der Waals surface area (Å²) in [5, 5.41) is 4.52. The number of fused-ring (bicyclic) bond motifs is 1. The molecule has 0 aliphatic rings. The molecule has 0 aliphatic carbocycles.